The quantitative estimate of drug-likeness (QED) is 0.853. The van der Waals surface area contributed by atoms with E-state index in [0.717, 1.165) is 42.5 Å². The van der Waals surface area contributed by atoms with Crippen LogP contribution in [0, 0.1) is 6.92 Å². The van der Waals surface area contributed by atoms with Crippen LogP contribution >= 0.6 is 0 Å². The number of aromatic nitrogens is 1. The van der Waals surface area contributed by atoms with Crippen LogP contribution in [0.25, 0.3) is 0 Å². The van der Waals surface area contributed by atoms with Crippen molar-refractivity contribution in [3.8, 4) is 0 Å². The van der Waals surface area contributed by atoms with Crippen LogP contribution in [0.3, 0.4) is 0 Å². The van der Waals surface area contributed by atoms with Crippen molar-refractivity contribution in [1.29, 1.82) is 0 Å². The Morgan fingerprint density at radius 2 is 1.85 bits per heavy atom. The fraction of sp³-hybridized carbons (Fsp3) is 0.381. The van der Waals surface area contributed by atoms with Crippen LogP contribution in [0.4, 0.5) is 11.4 Å². The normalized spacial score (nSPS) is 13.2. The van der Waals surface area contributed by atoms with Crippen LogP contribution in [-0.4, -0.2) is 42.3 Å². The Morgan fingerprint density at radius 3 is 2.63 bits per heavy atom. The van der Waals surface area contributed by atoms with Gasteiger partial charge in [-0.05, 0) is 76.0 Å². The van der Waals surface area contributed by atoms with Crippen molar-refractivity contribution in [3.63, 3.8) is 0 Å². The third kappa shape index (κ3) is 4.92. The van der Waals surface area contributed by atoms with Gasteiger partial charge < -0.3 is 15.5 Å². The summed E-state index contributed by atoms with van der Waals surface area (Å²) < 4.78 is 0. The number of pyridine rings is 1. The van der Waals surface area contributed by atoms with Crippen molar-refractivity contribution in [1.82, 2.24) is 9.88 Å². The second-order valence-electron chi connectivity index (χ2n) is 7.33. The molecule has 6 nitrogen and oxygen atoms in total. The molecule has 142 valence electrons. The molecule has 0 aliphatic heterocycles. The zero-order chi connectivity index (χ0) is 19.4. The van der Waals surface area contributed by atoms with Gasteiger partial charge in [0.15, 0.2) is 0 Å². The first kappa shape index (κ1) is 19.0. The number of fused-ring (bicyclic) bond motifs is 1. The Bertz CT molecular complexity index is 861. The lowest BCUT2D eigenvalue weighted by atomic mass is 9.95. The van der Waals surface area contributed by atoms with E-state index in [1.54, 1.807) is 11.1 Å². The molecule has 3 rings (SSSR count). The number of aryl methyl sites for hydroxylation is 3. The Kier molecular flexibility index (Phi) is 5.86. The molecule has 1 aliphatic carbocycles. The predicted molar refractivity (Wildman–Crippen MR) is 107 cm³/mol. The summed E-state index contributed by atoms with van der Waals surface area (Å²) in [5, 5.41) is 5.79. The average Bonchev–Trinajstić information content (AvgIpc) is 2.63. The molecule has 1 heterocycles. The molecule has 27 heavy (non-hydrogen) atoms. The summed E-state index contributed by atoms with van der Waals surface area (Å²) in [5.41, 5.74) is 4.99. The number of amides is 2. The first-order valence-electron chi connectivity index (χ1n) is 9.27. The molecule has 0 fully saturated rings. The maximum atomic E-state index is 12.8. The number of likely N-dealkylation sites (N-methyl/N-ethyl adjacent to an activating group) is 1. The van der Waals surface area contributed by atoms with E-state index in [2.05, 4.69) is 15.6 Å². The van der Waals surface area contributed by atoms with Gasteiger partial charge in [-0.1, -0.05) is 6.07 Å². The van der Waals surface area contributed by atoms with Gasteiger partial charge in [0, 0.05) is 11.9 Å². The SMILES string of the molecule is Cc1ccc(NC(=O)CN(C)C)c(NC(=O)c2cnc3c(c2)CCCC3)c1. The lowest BCUT2D eigenvalue weighted by molar-refractivity contribution is -0.116. The molecule has 0 unspecified atom stereocenters. The summed E-state index contributed by atoms with van der Waals surface area (Å²) in [5.74, 6) is -0.348. The van der Waals surface area contributed by atoms with Gasteiger partial charge in [-0.25, -0.2) is 0 Å². The molecule has 0 saturated heterocycles. The van der Waals surface area contributed by atoms with Gasteiger partial charge in [0.05, 0.1) is 23.5 Å². The van der Waals surface area contributed by atoms with E-state index in [9.17, 15) is 9.59 Å². The molecule has 2 N–H and O–H groups in total. The minimum atomic E-state index is -0.218. The summed E-state index contributed by atoms with van der Waals surface area (Å²) in [6, 6.07) is 7.51. The van der Waals surface area contributed by atoms with Gasteiger partial charge in [-0.3, -0.25) is 14.6 Å². The fourth-order valence-electron chi connectivity index (χ4n) is 3.25. The zero-order valence-electron chi connectivity index (χ0n) is 16.1. The number of carbonyl (C=O) groups is 2. The van der Waals surface area contributed by atoms with E-state index in [4.69, 9.17) is 0 Å². The van der Waals surface area contributed by atoms with Gasteiger partial charge in [0.1, 0.15) is 0 Å². The van der Waals surface area contributed by atoms with Crippen LogP contribution < -0.4 is 10.6 Å². The second kappa shape index (κ2) is 8.31. The van der Waals surface area contributed by atoms with Crippen LogP contribution in [0.1, 0.15) is 40.0 Å². The molecule has 0 atom stereocenters. The summed E-state index contributed by atoms with van der Waals surface area (Å²) in [7, 11) is 3.67. The van der Waals surface area contributed by atoms with Crippen LogP contribution in [0.5, 0.6) is 0 Å². The Morgan fingerprint density at radius 1 is 1.07 bits per heavy atom. The molecule has 2 aromatic rings. The van der Waals surface area contributed by atoms with Crippen molar-refractivity contribution >= 4 is 23.2 Å². The fourth-order valence-corrected chi connectivity index (χ4v) is 3.25. The molecule has 0 radical (unpaired) electrons. The lowest BCUT2D eigenvalue weighted by Crippen LogP contribution is -2.27. The summed E-state index contributed by atoms with van der Waals surface area (Å²) in [6.45, 7) is 2.22. The van der Waals surface area contributed by atoms with Crippen molar-refractivity contribution in [2.75, 3.05) is 31.3 Å². The summed E-state index contributed by atoms with van der Waals surface area (Å²) in [6.07, 6.45) is 5.89. The number of benzene rings is 1. The maximum absolute atomic E-state index is 12.8. The highest BCUT2D eigenvalue weighted by Crippen LogP contribution is 2.25. The summed E-state index contributed by atoms with van der Waals surface area (Å²) in [4.78, 5) is 31.1. The Balaban J connectivity index is 1.79. The van der Waals surface area contributed by atoms with Gasteiger partial charge in [-0.2, -0.15) is 0 Å². The van der Waals surface area contributed by atoms with Gasteiger partial charge in [0.2, 0.25) is 5.91 Å². The first-order chi connectivity index (χ1) is 12.9. The van der Waals surface area contributed by atoms with Crippen molar-refractivity contribution in [2.45, 2.75) is 32.6 Å². The van der Waals surface area contributed by atoms with Crippen LogP contribution in [-0.2, 0) is 17.6 Å². The average molecular weight is 366 g/mol. The number of hydrogen-bond acceptors (Lipinski definition) is 4. The largest absolute Gasteiger partial charge is 0.323 e. The number of nitrogens with one attached hydrogen (secondary N) is 2. The number of anilines is 2. The number of hydrogen-bond donors (Lipinski definition) is 2. The molecule has 0 spiro atoms. The topological polar surface area (TPSA) is 74.3 Å². The second-order valence-corrected chi connectivity index (χ2v) is 7.33. The molecule has 0 bridgehead atoms. The van der Waals surface area contributed by atoms with Crippen molar-refractivity contribution < 1.29 is 9.59 Å². The van der Waals surface area contributed by atoms with Crippen molar-refractivity contribution in [3.05, 3.63) is 52.8 Å². The maximum Gasteiger partial charge on any atom is 0.257 e. The third-order valence-electron chi connectivity index (χ3n) is 4.59. The smallest absolute Gasteiger partial charge is 0.257 e. The lowest BCUT2D eigenvalue weighted by Gasteiger charge is -2.17. The molecule has 1 aromatic heterocycles. The molecular formula is C21H26N4O2. The third-order valence-corrected chi connectivity index (χ3v) is 4.59. The molecule has 0 saturated carbocycles. The van der Waals surface area contributed by atoms with Crippen molar-refractivity contribution in [2.24, 2.45) is 0 Å². The van der Waals surface area contributed by atoms with Crippen LogP contribution in [0.2, 0.25) is 0 Å². The van der Waals surface area contributed by atoms with E-state index >= 15 is 0 Å². The number of rotatable bonds is 5. The highest BCUT2D eigenvalue weighted by molar-refractivity contribution is 6.07. The van der Waals surface area contributed by atoms with Gasteiger partial charge in [0.25, 0.3) is 5.91 Å². The Labute approximate surface area is 160 Å². The van der Waals surface area contributed by atoms with E-state index in [1.807, 2.05) is 45.3 Å². The predicted octanol–water partition coefficient (Wildman–Crippen LogP) is 3.02. The van der Waals surface area contributed by atoms with E-state index in [-0.39, 0.29) is 18.4 Å². The highest BCUT2D eigenvalue weighted by Gasteiger charge is 2.16. The summed E-state index contributed by atoms with van der Waals surface area (Å²) >= 11 is 0. The Hall–Kier alpha value is -2.73. The van der Waals surface area contributed by atoms with E-state index < -0.39 is 0 Å². The standard InChI is InChI=1S/C21H26N4O2/c1-14-8-9-18(23-20(26)13-25(2)3)19(10-14)24-21(27)16-11-15-6-4-5-7-17(15)22-12-16/h8-12H,4-7,13H2,1-3H3,(H,23,26)(H,24,27). The zero-order valence-corrected chi connectivity index (χ0v) is 16.1. The monoisotopic (exact) mass is 366 g/mol. The van der Waals surface area contributed by atoms with E-state index in [1.165, 1.54) is 0 Å². The highest BCUT2D eigenvalue weighted by atomic mass is 16.2. The minimum Gasteiger partial charge on any atom is -0.323 e. The van der Waals surface area contributed by atoms with Crippen LogP contribution in [0.15, 0.2) is 30.5 Å². The first-order valence-corrected chi connectivity index (χ1v) is 9.27. The minimum absolute atomic E-state index is 0.130. The van der Waals surface area contributed by atoms with E-state index in [0.29, 0.717) is 16.9 Å². The van der Waals surface area contributed by atoms with Gasteiger partial charge >= 0.3 is 0 Å². The number of carbonyl (C=O) groups excluding carboxylic acids is 2. The molecular weight excluding hydrogens is 340 g/mol. The van der Waals surface area contributed by atoms with Gasteiger partial charge in [-0.15, -0.1) is 0 Å². The molecule has 6 heteroatoms. The molecule has 1 aromatic carbocycles. The molecule has 1 aliphatic rings. The molecule has 2 amide bonds. The number of nitrogens with zero attached hydrogens (tertiary/aromatic N) is 2.